The third kappa shape index (κ3) is 4.17. The second-order valence-corrected chi connectivity index (χ2v) is 4.38. The topological polar surface area (TPSA) is 76.7 Å². The molecule has 0 aliphatic carbocycles. The summed E-state index contributed by atoms with van der Waals surface area (Å²) >= 11 is 0. The third-order valence-electron chi connectivity index (χ3n) is 2.75. The summed E-state index contributed by atoms with van der Waals surface area (Å²) < 4.78 is 12.8. The Balaban J connectivity index is 1.84. The molecule has 0 saturated heterocycles. The lowest BCUT2D eigenvalue weighted by molar-refractivity contribution is 0.626. The zero-order valence-electron chi connectivity index (χ0n) is 10.7. The van der Waals surface area contributed by atoms with Gasteiger partial charge in [0.2, 0.25) is 11.9 Å². The molecular weight excluding hydrogens is 245 g/mol. The van der Waals surface area contributed by atoms with E-state index in [0.717, 1.165) is 18.4 Å². The SMILES string of the molecule is CC(CCc1ccc(F)cc1)Nc1ncnc(N)n1. The molecule has 1 heterocycles. The summed E-state index contributed by atoms with van der Waals surface area (Å²) in [6.45, 7) is 2.03. The Kier molecular flexibility index (Phi) is 4.22. The van der Waals surface area contributed by atoms with E-state index in [4.69, 9.17) is 5.73 Å². The Labute approximate surface area is 111 Å². The molecule has 19 heavy (non-hydrogen) atoms. The summed E-state index contributed by atoms with van der Waals surface area (Å²) in [5.41, 5.74) is 6.58. The lowest BCUT2D eigenvalue weighted by Crippen LogP contribution is -2.18. The largest absolute Gasteiger partial charge is 0.368 e. The Morgan fingerprint density at radius 1 is 1.26 bits per heavy atom. The van der Waals surface area contributed by atoms with Crippen LogP contribution in [0.2, 0.25) is 0 Å². The van der Waals surface area contributed by atoms with Crippen LogP contribution in [0, 0.1) is 5.82 Å². The van der Waals surface area contributed by atoms with Crippen molar-refractivity contribution in [1.82, 2.24) is 15.0 Å². The number of nitrogens with two attached hydrogens (primary N) is 1. The van der Waals surface area contributed by atoms with Crippen LogP contribution in [0.25, 0.3) is 0 Å². The van der Waals surface area contributed by atoms with Crippen molar-refractivity contribution in [2.45, 2.75) is 25.8 Å². The molecule has 2 aromatic rings. The maximum Gasteiger partial charge on any atom is 0.227 e. The fourth-order valence-corrected chi connectivity index (χ4v) is 1.71. The predicted octanol–water partition coefficient (Wildman–Crippen LogP) is 2.03. The number of nitrogen functional groups attached to an aromatic ring is 1. The summed E-state index contributed by atoms with van der Waals surface area (Å²) in [5.74, 6) is 0.456. The normalized spacial score (nSPS) is 12.1. The number of hydrogen-bond acceptors (Lipinski definition) is 5. The molecule has 0 saturated carbocycles. The van der Waals surface area contributed by atoms with Crippen molar-refractivity contribution < 1.29 is 4.39 Å². The Bertz CT molecular complexity index is 529. The highest BCUT2D eigenvalue weighted by Gasteiger charge is 2.05. The van der Waals surface area contributed by atoms with Gasteiger partial charge >= 0.3 is 0 Å². The number of benzene rings is 1. The van der Waals surface area contributed by atoms with Crippen molar-refractivity contribution in [3.05, 3.63) is 42.0 Å². The average Bonchev–Trinajstić information content (AvgIpc) is 2.38. The molecule has 1 aromatic carbocycles. The van der Waals surface area contributed by atoms with E-state index in [-0.39, 0.29) is 17.8 Å². The van der Waals surface area contributed by atoms with Crippen LogP contribution in [0.15, 0.2) is 30.6 Å². The molecule has 5 nitrogen and oxygen atoms in total. The van der Waals surface area contributed by atoms with Gasteiger partial charge < -0.3 is 11.1 Å². The second-order valence-electron chi connectivity index (χ2n) is 4.38. The van der Waals surface area contributed by atoms with Gasteiger partial charge in [0.1, 0.15) is 12.1 Å². The summed E-state index contributed by atoms with van der Waals surface area (Å²) in [5, 5.41) is 3.15. The third-order valence-corrected chi connectivity index (χ3v) is 2.75. The molecule has 3 N–H and O–H groups in total. The minimum Gasteiger partial charge on any atom is -0.368 e. The van der Waals surface area contributed by atoms with Crippen molar-refractivity contribution >= 4 is 11.9 Å². The zero-order valence-corrected chi connectivity index (χ0v) is 10.7. The second kappa shape index (κ2) is 6.08. The molecule has 6 heteroatoms. The quantitative estimate of drug-likeness (QED) is 0.861. The molecule has 0 bridgehead atoms. The molecule has 0 fully saturated rings. The van der Waals surface area contributed by atoms with Crippen LogP contribution in [-0.4, -0.2) is 21.0 Å². The van der Waals surface area contributed by atoms with E-state index in [2.05, 4.69) is 20.3 Å². The maximum absolute atomic E-state index is 12.8. The van der Waals surface area contributed by atoms with Gasteiger partial charge in [-0.3, -0.25) is 0 Å². The maximum atomic E-state index is 12.8. The number of nitrogens with one attached hydrogen (secondary N) is 1. The zero-order chi connectivity index (χ0) is 13.7. The molecule has 1 unspecified atom stereocenters. The van der Waals surface area contributed by atoms with Crippen LogP contribution in [0.1, 0.15) is 18.9 Å². The van der Waals surface area contributed by atoms with Gasteiger partial charge in [-0.05, 0) is 37.5 Å². The van der Waals surface area contributed by atoms with Crippen LogP contribution in [0.3, 0.4) is 0 Å². The number of aryl methyl sites for hydroxylation is 1. The van der Waals surface area contributed by atoms with Crippen molar-refractivity contribution in [2.75, 3.05) is 11.1 Å². The van der Waals surface area contributed by atoms with Crippen LogP contribution < -0.4 is 11.1 Å². The molecule has 0 spiro atoms. The van der Waals surface area contributed by atoms with Gasteiger partial charge in [-0.15, -0.1) is 0 Å². The van der Waals surface area contributed by atoms with Crippen molar-refractivity contribution in [3.8, 4) is 0 Å². The number of anilines is 2. The van der Waals surface area contributed by atoms with E-state index >= 15 is 0 Å². The standard InChI is InChI=1S/C13H16FN5/c1-9(18-13-17-8-16-12(15)19-13)2-3-10-4-6-11(14)7-5-10/h4-9H,2-3H2,1H3,(H3,15,16,17,18,19). The first-order valence-electron chi connectivity index (χ1n) is 6.09. The van der Waals surface area contributed by atoms with E-state index < -0.39 is 0 Å². The van der Waals surface area contributed by atoms with Crippen LogP contribution in [0.4, 0.5) is 16.3 Å². The van der Waals surface area contributed by atoms with Crippen LogP contribution in [0.5, 0.6) is 0 Å². The molecule has 0 radical (unpaired) electrons. The summed E-state index contributed by atoms with van der Waals surface area (Å²) in [6.07, 6.45) is 3.11. The average molecular weight is 261 g/mol. The molecule has 100 valence electrons. The van der Waals surface area contributed by atoms with E-state index in [1.165, 1.54) is 18.5 Å². The van der Waals surface area contributed by atoms with E-state index in [9.17, 15) is 4.39 Å². The van der Waals surface area contributed by atoms with Crippen molar-refractivity contribution in [3.63, 3.8) is 0 Å². The number of halogens is 1. The summed E-state index contributed by atoms with van der Waals surface area (Å²) in [6, 6.07) is 6.72. The van der Waals surface area contributed by atoms with Gasteiger partial charge in [-0.25, -0.2) is 14.4 Å². The fourth-order valence-electron chi connectivity index (χ4n) is 1.71. The molecular formula is C13H16FN5. The monoisotopic (exact) mass is 261 g/mol. The number of nitrogens with zero attached hydrogens (tertiary/aromatic N) is 3. The fraction of sp³-hybridized carbons (Fsp3) is 0.308. The van der Waals surface area contributed by atoms with Crippen LogP contribution >= 0.6 is 0 Å². The molecule has 0 aliphatic heterocycles. The van der Waals surface area contributed by atoms with Gasteiger partial charge in [-0.1, -0.05) is 12.1 Å². The first kappa shape index (κ1) is 13.2. The van der Waals surface area contributed by atoms with Crippen molar-refractivity contribution in [1.29, 1.82) is 0 Å². The number of rotatable bonds is 5. The lowest BCUT2D eigenvalue weighted by Gasteiger charge is -2.13. The van der Waals surface area contributed by atoms with E-state index in [1.54, 1.807) is 12.1 Å². The summed E-state index contributed by atoms with van der Waals surface area (Å²) in [7, 11) is 0. The van der Waals surface area contributed by atoms with Gasteiger partial charge in [0, 0.05) is 6.04 Å². The molecule has 2 rings (SSSR count). The van der Waals surface area contributed by atoms with Gasteiger partial charge in [-0.2, -0.15) is 4.98 Å². The highest BCUT2D eigenvalue weighted by molar-refractivity contribution is 5.30. The minimum atomic E-state index is -0.212. The summed E-state index contributed by atoms with van der Waals surface area (Å²) in [4.78, 5) is 11.7. The number of hydrogen-bond donors (Lipinski definition) is 2. The first-order valence-corrected chi connectivity index (χ1v) is 6.09. The van der Waals surface area contributed by atoms with Gasteiger partial charge in [0.15, 0.2) is 0 Å². The van der Waals surface area contributed by atoms with Crippen LogP contribution in [-0.2, 0) is 6.42 Å². The Hall–Kier alpha value is -2.24. The van der Waals surface area contributed by atoms with E-state index in [0.29, 0.717) is 5.95 Å². The first-order chi connectivity index (χ1) is 9.13. The van der Waals surface area contributed by atoms with Crippen molar-refractivity contribution in [2.24, 2.45) is 0 Å². The Morgan fingerprint density at radius 3 is 2.68 bits per heavy atom. The number of aromatic nitrogens is 3. The highest BCUT2D eigenvalue weighted by atomic mass is 19.1. The smallest absolute Gasteiger partial charge is 0.227 e. The Morgan fingerprint density at radius 2 is 2.00 bits per heavy atom. The molecule has 0 aliphatic rings. The lowest BCUT2D eigenvalue weighted by atomic mass is 10.1. The highest BCUT2D eigenvalue weighted by Crippen LogP contribution is 2.09. The minimum absolute atomic E-state index is 0.187. The van der Waals surface area contributed by atoms with E-state index in [1.807, 2.05) is 6.92 Å². The molecule has 1 aromatic heterocycles. The van der Waals surface area contributed by atoms with Gasteiger partial charge in [0.05, 0.1) is 0 Å². The predicted molar refractivity (Wildman–Crippen MR) is 72.0 cm³/mol. The van der Waals surface area contributed by atoms with Gasteiger partial charge in [0.25, 0.3) is 0 Å². The molecule has 1 atom stereocenters. The molecule has 0 amide bonds.